The van der Waals surface area contributed by atoms with Gasteiger partial charge >= 0.3 is 0 Å². The van der Waals surface area contributed by atoms with Crippen molar-refractivity contribution in [3.8, 4) is 0 Å². The Morgan fingerprint density at radius 3 is 3.11 bits per heavy atom. The highest BCUT2D eigenvalue weighted by molar-refractivity contribution is 7.80. The van der Waals surface area contributed by atoms with E-state index < -0.39 is 0 Å². The highest BCUT2D eigenvalue weighted by atomic mass is 32.1. The molecule has 1 rings (SSSR count). The van der Waals surface area contributed by atoms with E-state index >= 15 is 0 Å². The minimum absolute atomic E-state index is 0.943. The van der Waals surface area contributed by atoms with Crippen molar-refractivity contribution in [3.63, 3.8) is 0 Å². The van der Waals surface area contributed by atoms with Gasteiger partial charge in [0, 0.05) is 11.9 Å². The molecule has 0 aliphatic heterocycles. The van der Waals surface area contributed by atoms with Gasteiger partial charge in [0.15, 0.2) is 0 Å². The summed E-state index contributed by atoms with van der Waals surface area (Å²) < 4.78 is 0. The van der Waals surface area contributed by atoms with Crippen molar-refractivity contribution in [1.29, 1.82) is 0 Å². The lowest BCUT2D eigenvalue weighted by Gasteiger charge is -1.90. The van der Waals surface area contributed by atoms with E-state index in [1.54, 1.807) is 6.33 Å². The molecule has 0 aliphatic carbocycles. The number of aromatic nitrogens is 2. The monoisotopic (exact) mass is 142 g/mol. The number of aryl methyl sites for hydroxylation is 1. The number of hydrogen-bond donors (Lipinski definition) is 2. The van der Waals surface area contributed by atoms with Crippen molar-refractivity contribution >= 4 is 12.6 Å². The van der Waals surface area contributed by atoms with Crippen LogP contribution in [0.1, 0.15) is 12.1 Å². The Morgan fingerprint density at radius 1 is 1.67 bits per heavy atom. The molecule has 0 fully saturated rings. The van der Waals surface area contributed by atoms with Crippen LogP contribution in [0.25, 0.3) is 0 Å². The molecule has 1 aromatic rings. The van der Waals surface area contributed by atoms with Gasteiger partial charge in [0.2, 0.25) is 0 Å². The summed E-state index contributed by atoms with van der Waals surface area (Å²) in [6.07, 6.45) is 5.73. The van der Waals surface area contributed by atoms with Gasteiger partial charge in [0.25, 0.3) is 0 Å². The number of rotatable bonds is 3. The van der Waals surface area contributed by atoms with Gasteiger partial charge in [0.1, 0.15) is 0 Å². The third-order valence-electron chi connectivity index (χ3n) is 1.16. The molecule has 0 aliphatic rings. The van der Waals surface area contributed by atoms with E-state index in [1.165, 1.54) is 5.69 Å². The summed E-state index contributed by atoms with van der Waals surface area (Å²) in [6, 6.07) is 0. The van der Waals surface area contributed by atoms with Gasteiger partial charge in [-0.25, -0.2) is 4.98 Å². The number of thiol groups is 1. The molecule has 0 unspecified atom stereocenters. The maximum Gasteiger partial charge on any atom is 0.0921 e. The largest absolute Gasteiger partial charge is 0.348 e. The van der Waals surface area contributed by atoms with Crippen LogP contribution in [0.5, 0.6) is 0 Å². The molecule has 1 aromatic heterocycles. The Balaban J connectivity index is 2.30. The molecule has 2 nitrogen and oxygen atoms in total. The van der Waals surface area contributed by atoms with Crippen molar-refractivity contribution in [3.05, 3.63) is 18.2 Å². The van der Waals surface area contributed by atoms with E-state index in [0.717, 1.165) is 18.6 Å². The zero-order chi connectivity index (χ0) is 6.53. The SMILES string of the molecule is SCCCc1cnc[nH]1. The fourth-order valence-electron chi connectivity index (χ4n) is 0.691. The third-order valence-corrected chi connectivity index (χ3v) is 1.48. The number of nitrogens with zero attached hydrogens (tertiary/aromatic N) is 1. The average molecular weight is 142 g/mol. The Kier molecular flexibility index (Phi) is 2.64. The van der Waals surface area contributed by atoms with Gasteiger partial charge in [-0.15, -0.1) is 0 Å². The highest BCUT2D eigenvalue weighted by Gasteiger charge is 1.89. The summed E-state index contributed by atoms with van der Waals surface area (Å²) in [4.78, 5) is 6.92. The quantitative estimate of drug-likeness (QED) is 0.611. The zero-order valence-electron chi connectivity index (χ0n) is 5.17. The van der Waals surface area contributed by atoms with E-state index in [9.17, 15) is 0 Å². The smallest absolute Gasteiger partial charge is 0.0921 e. The van der Waals surface area contributed by atoms with Crippen molar-refractivity contribution in [2.24, 2.45) is 0 Å². The van der Waals surface area contributed by atoms with Gasteiger partial charge in [0.05, 0.1) is 6.33 Å². The van der Waals surface area contributed by atoms with Crippen molar-refractivity contribution in [2.45, 2.75) is 12.8 Å². The molecule has 1 N–H and O–H groups in total. The lowest BCUT2D eigenvalue weighted by atomic mass is 10.3. The molecule has 3 heteroatoms. The van der Waals surface area contributed by atoms with Crippen LogP contribution in [0.15, 0.2) is 12.5 Å². The minimum Gasteiger partial charge on any atom is -0.348 e. The molecule has 0 spiro atoms. The van der Waals surface area contributed by atoms with Crippen LogP contribution in [-0.4, -0.2) is 15.7 Å². The van der Waals surface area contributed by atoms with Gasteiger partial charge in [-0.05, 0) is 18.6 Å². The van der Waals surface area contributed by atoms with E-state index in [1.807, 2.05) is 6.20 Å². The lowest BCUT2D eigenvalue weighted by Crippen LogP contribution is -1.84. The molecule has 0 aromatic carbocycles. The Morgan fingerprint density at radius 2 is 2.56 bits per heavy atom. The van der Waals surface area contributed by atoms with Crippen LogP contribution in [0.4, 0.5) is 0 Å². The highest BCUT2D eigenvalue weighted by Crippen LogP contribution is 1.96. The Labute approximate surface area is 60.1 Å². The van der Waals surface area contributed by atoms with E-state index in [-0.39, 0.29) is 0 Å². The van der Waals surface area contributed by atoms with Crippen LogP contribution in [0.2, 0.25) is 0 Å². The average Bonchev–Trinajstić information content (AvgIpc) is 2.34. The topological polar surface area (TPSA) is 28.7 Å². The van der Waals surface area contributed by atoms with Crippen LogP contribution < -0.4 is 0 Å². The normalized spacial score (nSPS) is 9.89. The number of aromatic amines is 1. The fourth-order valence-corrected chi connectivity index (χ4v) is 0.849. The molecule has 0 amide bonds. The fraction of sp³-hybridized carbons (Fsp3) is 0.500. The van der Waals surface area contributed by atoms with Gasteiger partial charge in [-0.1, -0.05) is 0 Å². The predicted molar refractivity (Wildman–Crippen MR) is 40.8 cm³/mol. The van der Waals surface area contributed by atoms with Crippen LogP contribution >= 0.6 is 12.6 Å². The molecule has 0 atom stereocenters. The molecule has 1 heterocycles. The van der Waals surface area contributed by atoms with Crippen molar-refractivity contribution in [2.75, 3.05) is 5.75 Å². The third kappa shape index (κ3) is 2.10. The molecule has 9 heavy (non-hydrogen) atoms. The minimum atomic E-state index is 0.943. The first-order valence-electron chi connectivity index (χ1n) is 3.01. The second-order valence-corrected chi connectivity index (χ2v) is 2.35. The standard InChI is InChI=1S/C6H10N2S/c9-3-1-2-6-4-7-5-8-6/h4-5,9H,1-3H2,(H,7,8). The van der Waals surface area contributed by atoms with Crippen LogP contribution in [-0.2, 0) is 6.42 Å². The first kappa shape index (κ1) is 6.68. The number of imidazole rings is 1. The number of hydrogen-bond acceptors (Lipinski definition) is 2. The zero-order valence-corrected chi connectivity index (χ0v) is 6.06. The van der Waals surface area contributed by atoms with E-state index in [4.69, 9.17) is 0 Å². The first-order chi connectivity index (χ1) is 4.43. The molecular formula is C6H10N2S. The van der Waals surface area contributed by atoms with E-state index in [2.05, 4.69) is 22.6 Å². The molecule has 0 saturated carbocycles. The van der Waals surface area contributed by atoms with Crippen molar-refractivity contribution in [1.82, 2.24) is 9.97 Å². The first-order valence-corrected chi connectivity index (χ1v) is 3.65. The summed E-state index contributed by atoms with van der Waals surface area (Å²) >= 11 is 4.10. The lowest BCUT2D eigenvalue weighted by molar-refractivity contribution is 0.904. The Bertz CT molecular complexity index is 148. The number of nitrogens with one attached hydrogen (secondary N) is 1. The van der Waals surface area contributed by atoms with Gasteiger partial charge in [-0.2, -0.15) is 12.6 Å². The number of H-pyrrole nitrogens is 1. The van der Waals surface area contributed by atoms with Crippen LogP contribution in [0.3, 0.4) is 0 Å². The predicted octanol–water partition coefficient (Wildman–Crippen LogP) is 1.27. The summed E-state index contributed by atoms with van der Waals surface area (Å²) in [5, 5.41) is 0. The second kappa shape index (κ2) is 3.56. The Hall–Kier alpha value is -0.440. The van der Waals surface area contributed by atoms with Gasteiger partial charge in [-0.3, -0.25) is 0 Å². The molecule has 0 bridgehead atoms. The maximum atomic E-state index is 4.10. The summed E-state index contributed by atoms with van der Waals surface area (Å²) in [5.41, 5.74) is 1.20. The summed E-state index contributed by atoms with van der Waals surface area (Å²) in [5.74, 6) is 0.943. The summed E-state index contributed by atoms with van der Waals surface area (Å²) in [6.45, 7) is 0. The second-order valence-electron chi connectivity index (χ2n) is 1.90. The summed E-state index contributed by atoms with van der Waals surface area (Å²) in [7, 11) is 0. The van der Waals surface area contributed by atoms with Crippen molar-refractivity contribution < 1.29 is 0 Å². The van der Waals surface area contributed by atoms with Crippen LogP contribution in [0, 0.1) is 0 Å². The van der Waals surface area contributed by atoms with Gasteiger partial charge < -0.3 is 4.98 Å². The van der Waals surface area contributed by atoms with E-state index in [0.29, 0.717) is 0 Å². The maximum absolute atomic E-state index is 4.10. The molecular weight excluding hydrogens is 132 g/mol. The molecule has 0 radical (unpaired) electrons. The molecule has 0 saturated heterocycles. The molecule has 50 valence electrons.